The number of fused-ring (bicyclic) bond motifs is 1. The van der Waals surface area contributed by atoms with E-state index in [4.69, 9.17) is 5.73 Å². The van der Waals surface area contributed by atoms with E-state index in [0.29, 0.717) is 0 Å². The molecule has 2 nitrogen and oxygen atoms in total. The van der Waals surface area contributed by atoms with Crippen molar-refractivity contribution in [1.82, 2.24) is 4.98 Å². The molecule has 0 unspecified atom stereocenters. The van der Waals surface area contributed by atoms with Crippen molar-refractivity contribution in [3.05, 3.63) is 29.3 Å². The molecular weight excluding hydrogens is 216 g/mol. The molecule has 0 amide bonds. The molecule has 2 aromatic rings. The maximum Gasteiger partial charge on any atom is 0.106 e. The summed E-state index contributed by atoms with van der Waals surface area (Å²) in [5.74, 6) is 6.26. The first kappa shape index (κ1) is 11.1. The van der Waals surface area contributed by atoms with Crippen molar-refractivity contribution in [3.63, 3.8) is 0 Å². The van der Waals surface area contributed by atoms with Crippen molar-refractivity contribution in [3.8, 4) is 11.8 Å². The minimum absolute atomic E-state index is 0.718. The third kappa shape index (κ3) is 2.82. The number of thiazole rings is 1. The van der Waals surface area contributed by atoms with Gasteiger partial charge in [-0.05, 0) is 25.1 Å². The number of nitrogens with two attached hydrogens (primary N) is 1. The molecule has 0 spiro atoms. The van der Waals surface area contributed by atoms with Gasteiger partial charge in [-0.1, -0.05) is 18.1 Å². The standard InChI is InChI=1S/C13H14N2S/c14-10-6-2-1-3-9-13-15-11-7-4-5-8-12(11)16-13/h4-5,7-8H,2,6,9-10,14H2. The number of aromatic nitrogens is 1. The van der Waals surface area contributed by atoms with Gasteiger partial charge in [-0.25, -0.2) is 4.98 Å². The number of rotatable bonds is 3. The molecule has 2 N–H and O–H groups in total. The Kier molecular flexibility index (Phi) is 3.92. The quantitative estimate of drug-likeness (QED) is 0.650. The summed E-state index contributed by atoms with van der Waals surface area (Å²) in [7, 11) is 0. The van der Waals surface area contributed by atoms with Crippen molar-refractivity contribution in [1.29, 1.82) is 0 Å². The topological polar surface area (TPSA) is 38.9 Å². The molecule has 0 saturated heterocycles. The van der Waals surface area contributed by atoms with Crippen LogP contribution in [0.1, 0.15) is 17.8 Å². The van der Waals surface area contributed by atoms with Gasteiger partial charge < -0.3 is 5.73 Å². The zero-order valence-corrected chi connectivity index (χ0v) is 9.89. The zero-order chi connectivity index (χ0) is 11.2. The van der Waals surface area contributed by atoms with Crippen molar-refractivity contribution in [2.24, 2.45) is 5.73 Å². The third-order valence-corrected chi connectivity index (χ3v) is 3.25. The first-order chi connectivity index (χ1) is 7.90. The van der Waals surface area contributed by atoms with Gasteiger partial charge in [0.25, 0.3) is 0 Å². The molecule has 2 rings (SSSR count). The van der Waals surface area contributed by atoms with Crippen molar-refractivity contribution in [2.75, 3.05) is 6.54 Å². The highest BCUT2D eigenvalue weighted by Crippen LogP contribution is 2.21. The van der Waals surface area contributed by atoms with Gasteiger partial charge in [0.1, 0.15) is 5.01 Å². The number of hydrogen-bond acceptors (Lipinski definition) is 3. The summed E-state index contributed by atoms with van der Waals surface area (Å²) in [4.78, 5) is 4.52. The van der Waals surface area contributed by atoms with E-state index in [9.17, 15) is 0 Å². The van der Waals surface area contributed by atoms with Gasteiger partial charge in [0, 0.05) is 6.42 Å². The van der Waals surface area contributed by atoms with E-state index in [1.807, 2.05) is 18.2 Å². The van der Waals surface area contributed by atoms with Crippen molar-refractivity contribution in [2.45, 2.75) is 19.3 Å². The van der Waals surface area contributed by atoms with Gasteiger partial charge in [-0.3, -0.25) is 0 Å². The maximum absolute atomic E-state index is 5.39. The molecule has 0 aliphatic rings. The van der Waals surface area contributed by atoms with Crippen molar-refractivity contribution < 1.29 is 0 Å². The zero-order valence-electron chi connectivity index (χ0n) is 9.07. The lowest BCUT2D eigenvalue weighted by Crippen LogP contribution is -1.96. The van der Waals surface area contributed by atoms with Gasteiger partial charge in [0.05, 0.1) is 16.6 Å². The highest BCUT2D eigenvalue weighted by Gasteiger charge is 2.00. The average Bonchev–Trinajstić information content (AvgIpc) is 2.71. The molecule has 3 heteroatoms. The highest BCUT2D eigenvalue weighted by atomic mass is 32.1. The van der Waals surface area contributed by atoms with E-state index in [2.05, 4.69) is 22.9 Å². The Bertz CT molecular complexity index is 486. The molecule has 0 fully saturated rings. The smallest absolute Gasteiger partial charge is 0.106 e. The largest absolute Gasteiger partial charge is 0.330 e. The van der Waals surface area contributed by atoms with Crippen LogP contribution in [0.25, 0.3) is 10.2 Å². The summed E-state index contributed by atoms with van der Waals surface area (Å²) in [5.41, 5.74) is 6.47. The first-order valence-corrected chi connectivity index (χ1v) is 6.22. The fourth-order valence-corrected chi connectivity index (χ4v) is 2.32. The van der Waals surface area contributed by atoms with Crippen molar-refractivity contribution >= 4 is 21.6 Å². The number of unbranched alkanes of at least 4 members (excludes halogenated alkanes) is 1. The van der Waals surface area contributed by atoms with E-state index in [1.54, 1.807) is 11.3 Å². The second-order valence-corrected chi connectivity index (χ2v) is 4.61. The third-order valence-electron chi connectivity index (χ3n) is 2.21. The summed E-state index contributed by atoms with van der Waals surface area (Å²) in [6.45, 7) is 0.718. The van der Waals surface area contributed by atoms with E-state index >= 15 is 0 Å². The molecule has 0 saturated carbocycles. The number of nitrogens with zero attached hydrogens (tertiary/aromatic N) is 1. The molecule has 16 heavy (non-hydrogen) atoms. The Morgan fingerprint density at radius 2 is 2.12 bits per heavy atom. The Morgan fingerprint density at radius 3 is 2.94 bits per heavy atom. The maximum atomic E-state index is 5.39. The minimum Gasteiger partial charge on any atom is -0.330 e. The molecule has 0 aliphatic heterocycles. The summed E-state index contributed by atoms with van der Waals surface area (Å²) >= 11 is 1.72. The summed E-state index contributed by atoms with van der Waals surface area (Å²) in [5, 5.41) is 1.10. The van der Waals surface area contributed by atoms with Crippen LogP contribution in [0.15, 0.2) is 24.3 Å². The Hall–Kier alpha value is -1.37. The molecule has 0 atom stereocenters. The molecule has 1 aromatic heterocycles. The number of benzene rings is 1. The van der Waals surface area contributed by atoms with Crippen LogP contribution in [0, 0.1) is 11.8 Å². The second-order valence-electron chi connectivity index (χ2n) is 3.50. The van der Waals surface area contributed by atoms with Gasteiger partial charge in [0.15, 0.2) is 0 Å². The first-order valence-electron chi connectivity index (χ1n) is 5.40. The van der Waals surface area contributed by atoms with Gasteiger partial charge in [-0.2, -0.15) is 0 Å². The predicted octanol–water partition coefficient (Wildman–Crippen LogP) is 2.58. The Labute approximate surface area is 99.5 Å². The van der Waals surface area contributed by atoms with Crippen LogP contribution in [0.2, 0.25) is 0 Å². The van der Waals surface area contributed by atoms with E-state index in [-0.39, 0.29) is 0 Å². The normalized spacial score (nSPS) is 10.1. The fourth-order valence-electron chi connectivity index (χ4n) is 1.41. The summed E-state index contributed by atoms with van der Waals surface area (Å²) in [6, 6.07) is 8.19. The van der Waals surface area contributed by atoms with E-state index in [1.165, 1.54) is 4.70 Å². The average molecular weight is 230 g/mol. The van der Waals surface area contributed by atoms with E-state index < -0.39 is 0 Å². The minimum atomic E-state index is 0.718. The van der Waals surface area contributed by atoms with Crippen LogP contribution in [0.4, 0.5) is 0 Å². The monoisotopic (exact) mass is 230 g/mol. The fraction of sp³-hybridized carbons (Fsp3) is 0.308. The van der Waals surface area contributed by atoms with Gasteiger partial charge in [-0.15, -0.1) is 17.3 Å². The highest BCUT2D eigenvalue weighted by molar-refractivity contribution is 7.18. The second kappa shape index (κ2) is 5.64. The van der Waals surface area contributed by atoms with Crippen LogP contribution in [-0.4, -0.2) is 11.5 Å². The van der Waals surface area contributed by atoms with E-state index in [0.717, 1.165) is 36.3 Å². The van der Waals surface area contributed by atoms with Crippen LogP contribution < -0.4 is 5.73 Å². The van der Waals surface area contributed by atoms with Gasteiger partial charge in [0.2, 0.25) is 0 Å². The van der Waals surface area contributed by atoms with Crippen LogP contribution in [0.3, 0.4) is 0 Å². The predicted molar refractivity (Wildman–Crippen MR) is 69.4 cm³/mol. The Morgan fingerprint density at radius 1 is 1.25 bits per heavy atom. The molecule has 82 valence electrons. The number of hydrogen-bond donors (Lipinski definition) is 1. The summed E-state index contributed by atoms with van der Waals surface area (Å²) in [6.07, 6.45) is 2.62. The van der Waals surface area contributed by atoms with Crippen LogP contribution in [-0.2, 0) is 6.42 Å². The molecular formula is C13H14N2S. The molecule has 1 aromatic carbocycles. The lowest BCUT2D eigenvalue weighted by atomic mass is 10.3. The number of para-hydroxylation sites is 1. The van der Waals surface area contributed by atoms with Crippen LogP contribution in [0.5, 0.6) is 0 Å². The molecule has 0 aliphatic carbocycles. The Balaban J connectivity index is 2.01. The lowest BCUT2D eigenvalue weighted by molar-refractivity contribution is 0.869. The summed E-state index contributed by atoms with van der Waals surface area (Å²) < 4.78 is 1.24. The van der Waals surface area contributed by atoms with Gasteiger partial charge >= 0.3 is 0 Å². The lowest BCUT2D eigenvalue weighted by Gasteiger charge is -1.85. The molecule has 0 radical (unpaired) electrons. The molecule has 0 bridgehead atoms. The molecule has 1 heterocycles. The van der Waals surface area contributed by atoms with Crippen LogP contribution >= 0.6 is 11.3 Å². The SMILES string of the molecule is NCCCC#CCc1nc2ccccc2s1.